The van der Waals surface area contributed by atoms with Crippen LogP contribution in [0.3, 0.4) is 0 Å². The van der Waals surface area contributed by atoms with Gasteiger partial charge in [-0.3, -0.25) is 9.69 Å². The van der Waals surface area contributed by atoms with Crippen LogP contribution in [-0.2, 0) is 14.3 Å². The Balaban J connectivity index is 0.000000326. The van der Waals surface area contributed by atoms with Crippen LogP contribution in [0.2, 0.25) is 0 Å². The standard InChI is InChI=1S/C15H17NO2S.C2H2O4/c17-13(5-6-16-7-9-18-10-8-16)15-11-12-3-1-2-4-14(12)19-15;3-1(4)2(5)6/h1-4,11H,5-10H2;(H,3,4)(H,5,6). The summed E-state index contributed by atoms with van der Waals surface area (Å²) in [6, 6.07) is 10.2. The number of hydrogen-bond acceptors (Lipinski definition) is 6. The summed E-state index contributed by atoms with van der Waals surface area (Å²) in [4.78, 5) is 33.6. The first-order valence-corrected chi connectivity index (χ1v) is 8.57. The number of aliphatic carboxylic acids is 2. The van der Waals surface area contributed by atoms with E-state index in [1.54, 1.807) is 11.3 Å². The van der Waals surface area contributed by atoms with Crippen molar-refractivity contribution in [1.82, 2.24) is 4.90 Å². The van der Waals surface area contributed by atoms with Gasteiger partial charge in [-0.2, -0.15) is 0 Å². The molecule has 0 atom stereocenters. The van der Waals surface area contributed by atoms with Crippen molar-refractivity contribution in [2.75, 3.05) is 32.8 Å². The fourth-order valence-electron chi connectivity index (χ4n) is 2.33. The van der Waals surface area contributed by atoms with Crippen molar-refractivity contribution in [3.63, 3.8) is 0 Å². The molecule has 7 nitrogen and oxygen atoms in total. The topological polar surface area (TPSA) is 104 Å². The number of rotatable bonds is 4. The summed E-state index contributed by atoms with van der Waals surface area (Å²) in [5, 5.41) is 16.0. The molecule has 0 spiro atoms. The minimum atomic E-state index is -1.82. The molecule has 1 aliphatic rings. The van der Waals surface area contributed by atoms with Gasteiger partial charge < -0.3 is 14.9 Å². The number of carbonyl (C=O) groups excluding carboxylic acids is 1. The van der Waals surface area contributed by atoms with Crippen molar-refractivity contribution in [3.8, 4) is 0 Å². The maximum Gasteiger partial charge on any atom is 0.414 e. The first-order chi connectivity index (χ1) is 12.0. The number of hydrogen-bond donors (Lipinski definition) is 2. The fraction of sp³-hybridized carbons (Fsp3) is 0.353. The summed E-state index contributed by atoms with van der Waals surface area (Å²) in [7, 11) is 0. The zero-order valence-electron chi connectivity index (χ0n) is 13.5. The number of benzene rings is 1. The molecule has 3 rings (SSSR count). The average Bonchev–Trinajstić information content (AvgIpc) is 3.05. The van der Waals surface area contributed by atoms with Gasteiger partial charge in [-0.25, -0.2) is 9.59 Å². The number of morpholine rings is 1. The number of fused-ring (bicyclic) bond motifs is 1. The van der Waals surface area contributed by atoms with E-state index < -0.39 is 11.9 Å². The Bertz CT molecular complexity index is 705. The van der Waals surface area contributed by atoms with Crippen molar-refractivity contribution >= 4 is 39.1 Å². The second kappa shape index (κ2) is 9.26. The third-order valence-corrected chi connectivity index (χ3v) is 4.80. The predicted molar refractivity (Wildman–Crippen MR) is 93.3 cm³/mol. The van der Waals surface area contributed by atoms with Gasteiger partial charge in [-0.05, 0) is 17.5 Å². The number of ether oxygens (including phenoxy) is 1. The summed E-state index contributed by atoms with van der Waals surface area (Å²) < 4.78 is 6.50. The molecule has 0 unspecified atom stereocenters. The van der Waals surface area contributed by atoms with E-state index in [2.05, 4.69) is 17.0 Å². The van der Waals surface area contributed by atoms with Gasteiger partial charge in [0.1, 0.15) is 0 Å². The highest BCUT2D eigenvalue weighted by molar-refractivity contribution is 7.20. The highest BCUT2D eigenvalue weighted by Gasteiger charge is 2.14. The molecule has 0 radical (unpaired) electrons. The molecule has 1 aliphatic heterocycles. The van der Waals surface area contributed by atoms with E-state index in [1.807, 2.05) is 18.2 Å². The Morgan fingerprint density at radius 2 is 1.72 bits per heavy atom. The lowest BCUT2D eigenvalue weighted by Crippen LogP contribution is -2.37. The van der Waals surface area contributed by atoms with Crippen LogP contribution in [0.5, 0.6) is 0 Å². The lowest BCUT2D eigenvalue weighted by molar-refractivity contribution is -0.159. The van der Waals surface area contributed by atoms with Crippen molar-refractivity contribution in [2.24, 2.45) is 0 Å². The lowest BCUT2D eigenvalue weighted by atomic mass is 10.2. The summed E-state index contributed by atoms with van der Waals surface area (Å²) in [6.07, 6.45) is 0.604. The molecule has 0 aliphatic carbocycles. The Morgan fingerprint density at radius 1 is 1.08 bits per heavy atom. The van der Waals surface area contributed by atoms with E-state index >= 15 is 0 Å². The molecule has 1 aromatic heterocycles. The van der Waals surface area contributed by atoms with E-state index in [-0.39, 0.29) is 5.78 Å². The molecule has 1 aromatic carbocycles. The number of nitrogens with zero attached hydrogens (tertiary/aromatic N) is 1. The molecule has 2 N–H and O–H groups in total. The SMILES string of the molecule is O=C(CCN1CCOCC1)c1cc2ccccc2s1.O=C(O)C(=O)O. The highest BCUT2D eigenvalue weighted by atomic mass is 32.1. The largest absolute Gasteiger partial charge is 0.473 e. The predicted octanol–water partition coefficient (Wildman–Crippen LogP) is 1.96. The Hall–Kier alpha value is -2.29. The minimum absolute atomic E-state index is 0.257. The van der Waals surface area contributed by atoms with Crippen molar-refractivity contribution < 1.29 is 29.3 Å². The van der Waals surface area contributed by atoms with E-state index in [0.29, 0.717) is 6.42 Å². The van der Waals surface area contributed by atoms with Gasteiger partial charge in [0.05, 0.1) is 18.1 Å². The van der Waals surface area contributed by atoms with Gasteiger partial charge >= 0.3 is 11.9 Å². The normalized spacial score (nSPS) is 14.6. The number of Topliss-reactive ketones (excluding diaryl/α,β-unsaturated/α-hetero) is 1. The highest BCUT2D eigenvalue weighted by Crippen LogP contribution is 2.26. The van der Waals surface area contributed by atoms with Crippen LogP contribution in [-0.4, -0.2) is 65.7 Å². The van der Waals surface area contributed by atoms with Crippen LogP contribution >= 0.6 is 11.3 Å². The zero-order chi connectivity index (χ0) is 18.2. The van der Waals surface area contributed by atoms with Crippen molar-refractivity contribution in [1.29, 1.82) is 0 Å². The quantitative estimate of drug-likeness (QED) is 0.630. The second-order valence-electron chi connectivity index (χ2n) is 5.39. The summed E-state index contributed by atoms with van der Waals surface area (Å²) in [6.45, 7) is 4.31. The maximum absolute atomic E-state index is 12.2. The summed E-state index contributed by atoms with van der Waals surface area (Å²) >= 11 is 1.60. The number of carboxylic acid groups (broad SMARTS) is 2. The van der Waals surface area contributed by atoms with Crippen LogP contribution in [0.15, 0.2) is 30.3 Å². The molecule has 8 heteroatoms. The van der Waals surface area contributed by atoms with Gasteiger partial charge in [0.15, 0.2) is 5.78 Å². The monoisotopic (exact) mass is 365 g/mol. The molecule has 1 fully saturated rings. The first-order valence-electron chi connectivity index (χ1n) is 7.75. The molecule has 0 amide bonds. The molecule has 0 saturated carbocycles. The third kappa shape index (κ3) is 5.93. The van der Waals surface area contributed by atoms with Crippen LogP contribution in [0.1, 0.15) is 16.1 Å². The number of carboxylic acids is 2. The number of thiophene rings is 1. The van der Waals surface area contributed by atoms with E-state index in [4.69, 9.17) is 24.5 Å². The van der Waals surface area contributed by atoms with Crippen LogP contribution < -0.4 is 0 Å². The number of ketones is 1. The molecule has 134 valence electrons. The van der Waals surface area contributed by atoms with Gasteiger partial charge in [0.2, 0.25) is 0 Å². The van der Waals surface area contributed by atoms with Gasteiger partial charge in [0.25, 0.3) is 0 Å². The molecular formula is C17H19NO6S. The van der Waals surface area contributed by atoms with Crippen molar-refractivity contribution in [2.45, 2.75) is 6.42 Å². The van der Waals surface area contributed by atoms with E-state index in [1.165, 1.54) is 10.1 Å². The Morgan fingerprint density at radius 3 is 2.32 bits per heavy atom. The number of carbonyl (C=O) groups is 3. The molecular weight excluding hydrogens is 346 g/mol. The average molecular weight is 365 g/mol. The Labute approximate surface area is 148 Å². The molecule has 1 saturated heterocycles. The maximum atomic E-state index is 12.2. The second-order valence-corrected chi connectivity index (χ2v) is 6.47. The molecule has 2 aromatic rings. The van der Waals surface area contributed by atoms with Crippen molar-refractivity contribution in [3.05, 3.63) is 35.2 Å². The fourth-order valence-corrected chi connectivity index (χ4v) is 3.36. The van der Waals surface area contributed by atoms with Crippen LogP contribution in [0.4, 0.5) is 0 Å². The molecule has 25 heavy (non-hydrogen) atoms. The van der Waals surface area contributed by atoms with E-state index in [9.17, 15) is 4.79 Å². The minimum Gasteiger partial charge on any atom is -0.473 e. The first kappa shape index (κ1) is 19.0. The third-order valence-electron chi connectivity index (χ3n) is 3.64. The van der Waals surface area contributed by atoms with Crippen LogP contribution in [0.25, 0.3) is 10.1 Å². The van der Waals surface area contributed by atoms with Gasteiger partial charge in [-0.15, -0.1) is 11.3 Å². The zero-order valence-corrected chi connectivity index (χ0v) is 14.3. The molecule has 0 bridgehead atoms. The van der Waals surface area contributed by atoms with Gasteiger partial charge in [0, 0.05) is 30.8 Å². The molecule has 2 heterocycles. The van der Waals surface area contributed by atoms with E-state index in [0.717, 1.165) is 37.7 Å². The van der Waals surface area contributed by atoms with Gasteiger partial charge in [-0.1, -0.05) is 18.2 Å². The van der Waals surface area contributed by atoms with Crippen LogP contribution in [0, 0.1) is 0 Å². The summed E-state index contributed by atoms with van der Waals surface area (Å²) in [5.41, 5.74) is 0. The smallest absolute Gasteiger partial charge is 0.414 e. The Kier molecular flexibility index (Phi) is 7.05. The lowest BCUT2D eigenvalue weighted by Gasteiger charge is -2.26. The summed E-state index contributed by atoms with van der Waals surface area (Å²) in [5.74, 6) is -3.39.